The Morgan fingerprint density at radius 2 is 1.61 bits per heavy atom. The summed E-state index contributed by atoms with van der Waals surface area (Å²) < 4.78 is 13.4. The molecule has 4 rings (SSSR count). The van der Waals surface area contributed by atoms with Crippen LogP contribution < -0.4 is 9.47 Å². The van der Waals surface area contributed by atoms with Crippen molar-refractivity contribution in [3.05, 3.63) is 89.7 Å². The molecule has 1 heterocycles. The molecule has 0 radical (unpaired) electrons. The second kappa shape index (κ2) is 9.98. The summed E-state index contributed by atoms with van der Waals surface area (Å²) in [5.74, 6) is 2.73. The maximum Gasteiger partial charge on any atom is 0.133 e. The lowest BCUT2D eigenvalue weighted by Crippen LogP contribution is -2.06. The van der Waals surface area contributed by atoms with E-state index >= 15 is 0 Å². The van der Waals surface area contributed by atoms with Gasteiger partial charge in [0.25, 0.3) is 0 Å². The van der Waals surface area contributed by atoms with Crippen LogP contribution in [0.2, 0.25) is 0 Å². The molecule has 0 aliphatic rings. The summed E-state index contributed by atoms with van der Waals surface area (Å²) in [5.41, 5.74) is 4.58. The second-order valence-electron chi connectivity index (χ2n) is 7.42. The van der Waals surface area contributed by atoms with Crippen LogP contribution in [0, 0.1) is 0 Å². The van der Waals surface area contributed by atoms with Gasteiger partial charge in [0.2, 0.25) is 0 Å². The van der Waals surface area contributed by atoms with Gasteiger partial charge in [-0.05, 0) is 66.4 Å². The number of para-hydroxylation sites is 2. The Labute approximate surface area is 183 Å². The third kappa shape index (κ3) is 5.15. The first-order valence-corrected chi connectivity index (χ1v) is 10.8. The van der Waals surface area contributed by atoms with Crippen molar-refractivity contribution in [2.24, 2.45) is 0 Å². The molecule has 0 fully saturated rings. The average Bonchev–Trinajstić information content (AvgIpc) is 3.18. The maximum absolute atomic E-state index is 5.94. The van der Waals surface area contributed by atoms with Gasteiger partial charge in [0.05, 0.1) is 24.8 Å². The molecular weight excluding hydrogens is 384 g/mol. The standard InChI is InChI=1S/C27H28N2O2/c1-3-21-9-16-24(17-10-21)31-20-6-19-29-26-8-5-4-7-25(26)28-27(29)18-13-22-11-14-23(30-2)15-12-22/h4-5,7-18H,3,6,19-20H2,1-2H3/b18-13+. The predicted octanol–water partition coefficient (Wildman–Crippen LogP) is 6.25. The van der Waals surface area contributed by atoms with Crippen LogP contribution in [0.1, 0.15) is 30.3 Å². The van der Waals surface area contributed by atoms with Crippen LogP contribution in [-0.2, 0) is 13.0 Å². The van der Waals surface area contributed by atoms with E-state index in [9.17, 15) is 0 Å². The third-order valence-electron chi connectivity index (χ3n) is 5.35. The van der Waals surface area contributed by atoms with E-state index in [2.05, 4.69) is 66.1 Å². The van der Waals surface area contributed by atoms with Gasteiger partial charge in [-0.15, -0.1) is 0 Å². The van der Waals surface area contributed by atoms with Gasteiger partial charge in [-0.25, -0.2) is 4.98 Å². The molecule has 3 aromatic carbocycles. The van der Waals surface area contributed by atoms with Gasteiger partial charge in [0.1, 0.15) is 17.3 Å². The minimum absolute atomic E-state index is 0.666. The van der Waals surface area contributed by atoms with Gasteiger partial charge < -0.3 is 14.0 Å². The molecule has 0 unspecified atom stereocenters. The molecule has 4 aromatic rings. The predicted molar refractivity (Wildman–Crippen MR) is 128 cm³/mol. The van der Waals surface area contributed by atoms with Crippen LogP contribution in [0.15, 0.2) is 72.8 Å². The fourth-order valence-electron chi connectivity index (χ4n) is 3.58. The summed E-state index contributed by atoms with van der Waals surface area (Å²) in [6.45, 7) is 3.67. The lowest BCUT2D eigenvalue weighted by molar-refractivity contribution is 0.302. The van der Waals surface area contributed by atoms with Gasteiger partial charge >= 0.3 is 0 Å². The van der Waals surface area contributed by atoms with E-state index in [0.29, 0.717) is 6.61 Å². The molecule has 0 bridgehead atoms. The molecule has 0 spiro atoms. The van der Waals surface area contributed by atoms with E-state index in [-0.39, 0.29) is 0 Å². The SMILES string of the molecule is CCc1ccc(OCCCn2c(/C=C/c3ccc(OC)cc3)nc3ccccc32)cc1. The molecular formula is C27H28N2O2. The highest BCUT2D eigenvalue weighted by molar-refractivity contribution is 5.79. The molecule has 31 heavy (non-hydrogen) atoms. The molecule has 0 aliphatic carbocycles. The highest BCUT2D eigenvalue weighted by Crippen LogP contribution is 2.20. The number of aromatic nitrogens is 2. The molecule has 1 aromatic heterocycles. The monoisotopic (exact) mass is 412 g/mol. The number of fused-ring (bicyclic) bond motifs is 1. The molecule has 158 valence electrons. The molecule has 0 N–H and O–H groups in total. The van der Waals surface area contributed by atoms with Crippen molar-refractivity contribution in [2.75, 3.05) is 13.7 Å². The summed E-state index contributed by atoms with van der Waals surface area (Å²) in [6.07, 6.45) is 6.11. The Hall–Kier alpha value is -3.53. The summed E-state index contributed by atoms with van der Waals surface area (Å²) in [7, 11) is 1.68. The highest BCUT2D eigenvalue weighted by atomic mass is 16.5. The van der Waals surface area contributed by atoms with E-state index in [0.717, 1.165) is 53.3 Å². The second-order valence-corrected chi connectivity index (χ2v) is 7.42. The van der Waals surface area contributed by atoms with Gasteiger partial charge in [-0.2, -0.15) is 0 Å². The largest absolute Gasteiger partial charge is 0.497 e. The smallest absolute Gasteiger partial charge is 0.133 e. The number of methoxy groups -OCH3 is 1. The Morgan fingerprint density at radius 3 is 2.35 bits per heavy atom. The van der Waals surface area contributed by atoms with Crippen molar-refractivity contribution in [3.8, 4) is 11.5 Å². The van der Waals surface area contributed by atoms with Crippen LogP contribution in [-0.4, -0.2) is 23.3 Å². The zero-order valence-electron chi connectivity index (χ0n) is 18.1. The van der Waals surface area contributed by atoms with E-state index in [4.69, 9.17) is 14.5 Å². The van der Waals surface area contributed by atoms with Crippen LogP contribution >= 0.6 is 0 Å². The zero-order chi connectivity index (χ0) is 21.5. The molecule has 0 atom stereocenters. The average molecular weight is 413 g/mol. The number of benzene rings is 3. The Bertz CT molecular complexity index is 1140. The number of hydrogen-bond donors (Lipinski definition) is 0. The fraction of sp³-hybridized carbons (Fsp3) is 0.222. The van der Waals surface area contributed by atoms with Crippen molar-refractivity contribution < 1.29 is 9.47 Å². The summed E-state index contributed by atoms with van der Waals surface area (Å²) in [6, 6.07) is 24.6. The summed E-state index contributed by atoms with van der Waals surface area (Å²) >= 11 is 0. The summed E-state index contributed by atoms with van der Waals surface area (Å²) in [5, 5.41) is 0. The van der Waals surface area contributed by atoms with Crippen molar-refractivity contribution in [1.29, 1.82) is 0 Å². The van der Waals surface area contributed by atoms with E-state index < -0.39 is 0 Å². The number of aryl methyl sites for hydroxylation is 2. The Morgan fingerprint density at radius 1 is 0.871 bits per heavy atom. The first kappa shape index (κ1) is 20.7. The minimum Gasteiger partial charge on any atom is -0.497 e. The van der Waals surface area contributed by atoms with E-state index in [1.165, 1.54) is 5.56 Å². The topological polar surface area (TPSA) is 36.3 Å². The van der Waals surface area contributed by atoms with Crippen molar-refractivity contribution in [3.63, 3.8) is 0 Å². The first-order chi connectivity index (χ1) is 15.3. The number of ether oxygens (including phenoxy) is 2. The van der Waals surface area contributed by atoms with E-state index in [1.807, 2.05) is 30.3 Å². The Kier molecular flexibility index (Phi) is 6.68. The van der Waals surface area contributed by atoms with Crippen LogP contribution in [0.25, 0.3) is 23.2 Å². The number of nitrogens with zero attached hydrogens (tertiary/aromatic N) is 2. The lowest BCUT2D eigenvalue weighted by Gasteiger charge is -2.09. The molecule has 4 heteroatoms. The van der Waals surface area contributed by atoms with Crippen LogP contribution in [0.3, 0.4) is 0 Å². The number of imidazole rings is 1. The van der Waals surface area contributed by atoms with Crippen molar-refractivity contribution in [2.45, 2.75) is 26.3 Å². The van der Waals surface area contributed by atoms with Crippen LogP contribution in [0.5, 0.6) is 11.5 Å². The number of rotatable bonds is 9. The molecule has 0 saturated carbocycles. The van der Waals surface area contributed by atoms with Gasteiger partial charge in [0, 0.05) is 6.54 Å². The fourth-order valence-corrected chi connectivity index (χ4v) is 3.58. The minimum atomic E-state index is 0.666. The normalized spacial score (nSPS) is 11.3. The van der Waals surface area contributed by atoms with Gasteiger partial charge in [0.15, 0.2) is 0 Å². The lowest BCUT2D eigenvalue weighted by atomic mass is 10.2. The third-order valence-corrected chi connectivity index (χ3v) is 5.35. The highest BCUT2D eigenvalue weighted by Gasteiger charge is 2.08. The van der Waals surface area contributed by atoms with Crippen molar-refractivity contribution >= 4 is 23.2 Å². The van der Waals surface area contributed by atoms with E-state index in [1.54, 1.807) is 7.11 Å². The maximum atomic E-state index is 5.94. The molecule has 0 saturated heterocycles. The number of hydrogen-bond acceptors (Lipinski definition) is 3. The Balaban J connectivity index is 1.46. The molecule has 0 aliphatic heterocycles. The van der Waals surface area contributed by atoms with Gasteiger partial charge in [-0.1, -0.05) is 49.4 Å². The quantitative estimate of drug-likeness (QED) is 0.305. The summed E-state index contributed by atoms with van der Waals surface area (Å²) in [4.78, 5) is 4.83. The van der Waals surface area contributed by atoms with Crippen LogP contribution in [0.4, 0.5) is 0 Å². The molecule has 0 amide bonds. The van der Waals surface area contributed by atoms with Gasteiger partial charge in [-0.3, -0.25) is 0 Å². The molecule has 4 nitrogen and oxygen atoms in total. The zero-order valence-corrected chi connectivity index (χ0v) is 18.1. The first-order valence-electron chi connectivity index (χ1n) is 10.8. The van der Waals surface area contributed by atoms with Crippen molar-refractivity contribution in [1.82, 2.24) is 9.55 Å².